The highest BCUT2D eigenvalue weighted by Crippen LogP contribution is 2.14. The van der Waals surface area contributed by atoms with Crippen LogP contribution in [0.25, 0.3) is 0 Å². The minimum absolute atomic E-state index is 0.390. The molecule has 0 radical (unpaired) electrons. The van der Waals surface area contributed by atoms with E-state index in [1.54, 1.807) is 12.3 Å². The van der Waals surface area contributed by atoms with Crippen molar-refractivity contribution in [1.29, 1.82) is 5.26 Å². The van der Waals surface area contributed by atoms with Gasteiger partial charge >= 0.3 is 0 Å². The smallest absolute Gasteiger partial charge is 0.140 e. The predicted octanol–water partition coefficient (Wildman–Crippen LogP) is 3.51. The lowest BCUT2D eigenvalue weighted by Crippen LogP contribution is -1.96. The molecule has 0 amide bonds. The number of alkyl halides is 1. The molecule has 0 aliphatic carbocycles. The van der Waals surface area contributed by atoms with Gasteiger partial charge in [0, 0.05) is 24.1 Å². The van der Waals surface area contributed by atoms with Crippen molar-refractivity contribution in [2.75, 3.05) is 5.88 Å². The molecule has 0 aliphatic heterocycles. The van der Waals surface area contributed by atoms with Gasteiger partial charge in [-0.2, -0.15) is 5.26 Å². The van der Waals surface area contributed by atoms with E-state index in [-0.39, 0.29) is 0 Å². The fourth-order valence-corrected chi connectivity index (χ4v) is 1.73. The SMILES string of the molecule is N#Cc1cc(COc2ccc(C#CCCCl)cc2)ccn1. The lowest BCUT2D eigenvalue weighted by molar-refractivity contribution is 0.306. The molecule has 1 heterocycles. The second-order valence-corrected chi connectivity index (χ2v) is 4.59. The summed E-state index contributed by atoms with van der Waals surface area (Å²) in [6, 6.07) is 13.1. The molecule has 0 aliphatic rings. The number of nitrogens with zero attached hydrogens (tertiary/aromatic N) is 2. The fourth-order valence-electron chi connectivity index (χ4n) is 1.64. The third-order valence-corrected chi connectivity index (χ3v) is 2.84. The Morgan fingerprint density at radius 2 is 2.00 bits per heavy atom. The van der Waals surface area contributed by atoms with E-state index in [9.17, 15) is 0 Å². The van der Waals surface area contributed by atoms with Crippen molar-refractivity contribution < 1.29 is 4.74 Å². The first-order chi connectivity index (χ1) is 10.3. The van der Waals surface area contributed by atoms with Crippen molar-refractivity contribution in [1.82, 2.24) is 4.98 Å². The highest BCUT2D eigenvalue weighted by Gasteiger charge is 1.98. The maximum atomic E-state index is 8.79. The number of pyridine rings is 1. The summed E-state index contributed by atoms with van der Waals surface area (Å²) in [5.41, 5.74) is 2.23. The van der Waals surface area contributed by atoms with Gasteiger partial charge in [-0.15, -0.1) is 11.6 Å². The molecule has 0 unspecified atom stereocenters. The van der Waals surface area contributed by atoms with Crippen molar-refractivity contribution in [2.45, 2.75) is 13.0 Å². The van der Waals surface area contributed by atoms with Crippen LogP contribution >= 0.6 is 11.6 Å². The van der Waals surface area contributed by atoms with Gasteiger partial charge in [-0.3, -0.25) is 0 Å². The molecule has 0 fully saturated rings. The van der Waals surface area contributed by atoms with Gasteiger partial charge in [-0.25, -0.2) is 4.98 Å². The van der Waals surface area contributed by atoms with E-state index in [1.165, 1.54) is 0 Å². The second-order valence-electron chi connectivity index (χ2n) is 4.21. The number of benzene rings is 1. The van der Waals surface area contributed by atoms with E-state index in [4.69, 9.17) is 21.6 Å². The van der Waals surface area contributed by atoms with Crippen molar-refractivity contribution in [3.63, 3.8) is 0 Å². The number of hydrogen-bond acceptors (Lipinski definition) is 3. The minimum Gasteiger partial charge on any atom is -0.489 e. The van der Waals surface area contributed by atoms with Gasteiger partial charge in [0.1, 0.15) is 24.1 Å². The molecule has 0 bridgehead atoms. The van der Waals surface area contributed by atoms with Crippen LogP contribution in [0.1, 0.15) is 23.2 Å². The third-order valence-electron chi connectivity index (χ3n) is 2.65. The summed E-state index contributed by atoms with van der Waals surface area (Å²) in [6.45, 7) is 0.397. The molecule has 2 aromatic rings. The normalized spacial score (nSPS) is 9.33. The summed E-state index contributed by atoms with van der Waals surface area (Å²) in [5.74, 6) is 7.31. The second kappa shape index (κ2) is 7.94. The molecule has 1 aromatic heterocycles. The van der Waals surface area contributed by atoms with E-state index in [0.29, 0.717) is 24.6 Å². The summed E-state index contributed by atoms with van der Waals surface area (Å²) in [4.78, 5) is 3.92. The minimum atomic E-state index is 0.390. The Morgan fingerprint density at radius 3 is 2.71 bits per heavy atom. The Morgan fingerprint density at radius 1 is 1.19 bits per heavy atom. The van der Waals surface area contributed by atoms with Crippen molar-refractivity contribution in [2.24, 2.45) is 0 Å². The van der Waals surface area contributed by atoms with E-state index in [2.05, 4.69) is 16.8 Å². The highest BCUT2D eigenvalue weighted by atomic mass is 35.5. The number of ether oxygens (including phenoxy) is 1. The van der Waals surface area contributed by atoms with Gasteiger partial charge in [0.2, 0.25) is 0 Å². The van der Waals surface area contributed by atoms with Gasteiger partial charge < -0.3 is 4.74 Å². The van der Waals surface area contributed by atoms with Crippen LogP contribution in [0.15, 0.2) is 42.6 Å². The van der Waals surface area contributed by atoms with E-state index < -0.39 is 0 Å². The molecule has 0 saturated heterocycles. The number of hydrogen-bond donors (Lipinski definition) is 0. The maximum absolute atomic E-state index is 8.79. The van der Waals surface area contributed by atoms with Gasteiger partial charge in [-0.05, 0) is 42.0 Å². The van der Waals surface area contributed by atoms with Crippen LogP contribution in [-0.2, 0) is 6.61 Å². The van der Waals surface area contributed by atoms with E-state index in [0.717, 1.165) is 16.9 Å². The molecule has 0 atom stereocenters. The first-order valence-electron chi connectivity index (χ1n) is 6.44. The lowest BCUT2D eigenvalue weighted by atomic mass is 10.2. The largest absolute Gasteiger partial charge is 0.489 e. The van der Waals surface area contributed by atoms with Crippen LogP contribution in [0.3, 0.4) is 0 Å². The van der Waals surface area contributed by atoms with Gasteiger partial charge in [-0.1, -0.05) is 11.8 Å². The molecule has 104 valence electrons. The van der Waals surface area contributed by atoms with Crippen LogP contribution in [0.4, 0.5) is 0 Å². The zero-order valence-electron chi connectivity index (χ0n) is 11.3. The van der Waals surface area contributed by atoms with Crippen molar-refractivity contribution >= 4 is 11.6 Å². The van der Waals surface area contributed by atoms with Crippen LogP contribution in [-0.4, -0.2) is 10.9 Å². The average Bonchev–Trinajstić information content (AvgIpc) is 2.54. The Bertz CT molecular complexity index is 693. The topological polar surface area (TPSA) is 45.9 Å². The molecule has 1 aromatic carbocycles. The van der Waals surface area contributed by atoms with Crippen LogP contribution in [0.5, 0.6) is 5.75 Å². The monoisotopic (exact) mass is 296 g/mol. The summed E-state index contributed by atoms with van der Waals surface area (Å²) in [5, 5.41) is 8.79. The zero-order chi connectivity index (χ0) is 14.9. The average molecular weight is 297 g/mol. The molecule has 21 heavy (non-hydrogen) atoms. The molecule has 4 heteroatoms. The molecule has 0 spiro atoms. The maximum Gasteiger partial charge on any atom is 0.140 e. The highest BCUT2D eigenvalue weighted by molar-refractivity contribution is 6.18. The molecule has 2 rings (SSSR count). The summed E-state index contributed by atoms with van der Waals surface area (Å²) < 4.78 is 5.67. The van der Waals surface area contributed by atoms with Gasteiger partial charge in [0.15, 0.2) is 0 Å². The number of aromatic nitrogens is 1. The summed E-state index contributed by atoms with van der Waals surface area (Å²) in [7, 11) is 0. The number of nitriles is 1. The lowest BCUT2D eigenvalue weighted by Gasteiger charge is -2.06. The summed E-state index contributed by atoms with van der Waals surface area (Å²) in [6.07, 6.45) is 2.29. The van der Waals surface area contributed by atoms with E-state index in [1.807, 2.05) is 36.4 Å². The first-order valence-corrected chi connectivity index (χ1v) is 6.98. The molecule has 3 nitrogen and oxygen atoms in total. The van der Waals surface area contributed by atoms with Crippen LogP contribution in [0, 0.1) is 23.2 Å². The Balaban J connectivity index is 1.95. The van der Waals surface area contributed by atoms with E-state index >= 15 is 0 Å². The van der Waals surface area contributed by atoms with Crippen LogP contribution < -0.4 is 4.74 Å². The van der Waals surface area contributed by atoms with Crippen molar-refractivity contribution in [3.05, 3.63) is 59.4 Å². The quantitative estimate of drug-likeness (QED) is 0.640. The number of rotatable bonds is 4. The van der Waals surface area contributed by atoms with Gasteiger partial charge in [0.25, 0.3) is 0 Å². The molecular weight excluding hydrogens is 284 g/mol. The summed E-state index contributed by atoms with van der Waals surface area (Å²) >= 11 is 5.57. The number of halogens is 1. The first kappa shape index (κ1) is 14.9. The predicted molar refractivity (Wildman–Crippen MR) is 81.9 cm³/mol. The molecule has 0 N–H and O–H groups in total. The fraction of sp³-hybridized carbons (Fsp3) is 0.176. The van der Waals surface area contributed by atoms with Crippen LogP contribution in [0.2, 0.25) is 0 Å². The molecular formula is C17H13ClN2O. The Hall–Kier alpha value is -2.49. The van der Waals surface area contributed by atoms with Crippen molar-refractivity contribution in [3.8, 4) is 23.7 Å². The third kappa shape index (κ3) is 4.84. The molecule has 0 saturated carbocycles. The Labute approximate surface area is 129 Å². The van der Waals surface area contributed by atoms with Gasteiger partial charge in [0.05, 0.1) is 0 Å². The Kier molecular flexibility index (Phi) is 5.64. The zero-order valence-corrected chi connectivity index (χ0v) is 12.1. The standard InChI is InChI=1S/C17H13ClN2O/c18-9-2-1-3-14-4-6-17(7-5-14)21-13-15-8-10-20-16(11-15)12-19/h4-8,10-11H,2,9,13H2.